The van der Waals surface area contributed by atoms with Crippen molar-refractivity contribution in [3.05, 3.63) is 59.7 Å². The lowest BCUT2D eigenvalue weighted by atomic mass is 9.91. The minimum atomic E-state index is -3.92. The van der Waals surface area contributed by atoms with Crippen LogP contribution in [0.3, 0.4) is 0 Å². The number of sulfonamides is 1. The van der Waals surface area contributed by atoms with E-state index < -0.39 is 33.7 Å². The first-order valence-electron chi connectivity index (χ1n) is 14.7. The predicted molar refractivity (Wildman–Crippen MR) is 164 cm³/mol. The molecule has 2 aromatic rings. The second-order valence-corrected chi connectivity index (χ2v) is 14.5. The van der Waals surface area contributed by atoms with Crippen LogP contribution in [0.15, 0.2) is 53.4 Å². The Bertz CT molecular complexity index is 1300. The predicted octanol–water partition coefficient (Wildman–Crippen LogP) is 4.12. The van der Waals surface area contributed by atoms with Crippen LogP contribution in [0.1, 0.15) is 52.2 Å². The number of hydrogen-bond acceptors (Lipinski definition) is 8. The third kappa shape index (κ3) is 10.6. The molecule has 0 unspecified atom stereocenters. The van der Waals surface area contributed by atoms with Gasteiger partial charge in [-0.2, -0.15) is 4.31 Å². The molecule has 0 aliphatic carbocycles. The molecule has 238 valence electrons. The molecular weight excluding hydrogens is 572 g/mol. The highest BCUT2D eigenvalue weighted by atomic mass is 32.2. The summed E-state index contributed by atoms with van der Waals surface area (Å²) in [6.45, 7) is 11.9. The number of amides is 1. The number of carbonyl (C=O) groups excluding carboxylic acids is 2. The molecule has 10 nitrogen and oxygen atoms in total. The number of aliphatic hydroxyl groups excluding tert-OH is 1. The number of rotatable bonds is 14. The Morgan fingerprint density at radius 2 is 1.72 bits per heavy atom. The van der Waals surface area contributed by atoms with Crippen LogP contribution in [0.2, 0.25) is 0 Å². The molecule has 11 heteroatoms. The molecule has 0 aromatic heterocycles. The normalized spacial score (nSPS) is 17.1. The van der Waals surface area contributed by atoms with E-state index in [2.05, 4.69) is 5.32 Å². The van der Waals surface area contributed by atoms with Crippen molar-refractivity contribution in [3.63, 3.8) is 0 Å². The van der Waals surface area contributed by atoms with Gasteiger partial charge < -0.3 is 24.6 Å². The molecule has 0 saturated carbocycles. The number of ether oxygens (including phenoxy) is 3. The highest BCUT2D eigenvalue weighted by molar-refractivity contribution is 7.89. The molecule has 1 aliphatic rings. The van der Waals surface area contributed by atoms with Crippen LogP contribution in [0.25, 0.3) is 0 Å². The van der Waals surface area contributed by atoms with Gasteiger partial charge in [-0.05, 0) is 49.1 Å². The van der Waals surface area contributed by atoms with Crippen LogP contribution in [0.5, 0.6) is 5.75 Å². The summed E-state index contributed by atoms with van der Waals surface area (Å²) < 4.78 is 44.9. The number of nitrogens with one attached hydrogen (secondary N) is 1. The van der Waals surface area contributed by atoms with Crippen molar-refractivity contribution in [1.29, 1.82) is 0 Å². The highest BCUT2D eigenvalue weighted by Gasteiger charge is 2.32. The van der Waals surface area contributed by atoms with Crippen molar-refractivity contribution in [2.45, 2.75) is 77.5 Å². The van der Waals surface area contributed by atoms with E-state index in [4.69, 9.17) is 14.2 Å². The molecule has 1 fully saturated rings. The molecule has 1 heterocycles. The number of nitrogens with zero attached hydrogens (tertiary/aromatic N) is 1. The number of ketones is 1. The summed E-state index contributed by atoms with van der Waals surface area (Å²) in [5.74, 6) is 0.477. The van der Waals surface area contributed by atoms with Crippen LogP contribution in [-0.4, -0.2) is 80.9 Å². The molecule has 1 aliphatic heterocycles. The molecule has 1 amide bonds. The van der Waals surface area contributed by atoms with E-state index in [1.807, 2.05) is 41.5 Å². The van der Waals surface area contributed by atoms with E-state index in [9.17, 15) is 23.1 Å². The number of alkyl carbamates (subject to hydrolysis) is 1. The summed E-state index contributed by atoms with van der Waals surface area (Å²) in [5.41, 5.74) is 1.19. The van der Waals surface area contributed by atoms with Gasteiger partial charge in [-0.25, -0.2) is 13.2 Å². The van der Waals surface area contributed by atoms with Crippen LogP contribution < -0.4 is 10.1 Å². The third-order valence-electron chi connectivity index (χ3n) is 7.13. The first-order valence-corrected chi connectivity index (χ1v) is 16.1. The van der Waals surface area contributed by atoms with Crippen molar-refractivity contribution in [3.8, 4) is 5.75 Å². The Kier molecular flexibility index (Phi) is 12.1. The summed E-state index contributed by atoms with van der Waals surface area (Å²) in [6.07, 6.45) is -1.58. The average Bonchev–Trinajstić information content (AvgIpc) is 3.44. The van der Waals surface area contributed by atoms with E-state index in [1.165, 1.54) is 4.31 Å². The van der Waals surface area contributed by atoms with Crippen molar-refractivity contribution < 1.29 is 37.3 Å². The summed E-state index contributed by atoms with van der Waals surface area (Å²) in [7, 11) is -3.92. The summed E-state index contributed by atoms with van der Waals surface area (Å²) >= 11 is 0. The summed E-state index contributed by atoms with van der Waals surface area (Å²) in [5, 5.41) is 14.2. The molecular formula is C32H46N2O8S. The van der Waals surface area contributed by atoms with Gasteiger partial charge in [0, 0.05) is 24.9 Å². The summed E-state index contributed by atoms with van der Waals surface area (Å²) in [4.78, 5) is 25.2. The maximum Gasteiger partial charge on any atom is 0.407 e. The Labute approximate surface area is 255 Å². The van der Waals surface area contributed by atoms with Gasteiger partial charge >= 0.3 is 6.09 Å². The molecule has 2 aromatic carbocycles. The number of benzene rings is 2. The van der Waals surface area contributed by atoms with Gasteiger partial charge in [-0.1, -0.05) is 64.4 Å². The maximum absolute atomic E-state index is 13.6. The number of carbonyl (C=O) groups is 2. The van der Waals surface area contributed by atoms with Crippen molar-refractivity contribution in [2.75, 3.05) is 32.9 Å². The topological polar surface area (TPSA) is 131 Å². The molecule has 3 atom stereocenters. The largest absolute Gasteiger partial charge is 0.486 e. The molecule has 0 bridgehead atoms. The van der Waals surface area contributed by atoms with Gasteiger partial charge in [0.1, 0.15) is 18.5 Å². The monoisotopic (exact) mass is 618 g/mol. The summed E-state index contributed by atoms with van der Waals surface area (Å²) in [6, 6.07) is 12.7. The average molecular weight is 619 g/mol. The molecule has 0 radical (unpaired) electrons. The van der Waals surface area contributed by atoms with Gasteiger partial charge in [-0.3, -0.25) is 4.79 Å². The maximum atomic E-state index is 13.6. The van der Waals surface area contributed by atoms with Gasteiger partial charge in [0.25, 0.3) is 0 Å². The number of hydrogen-bond donors (Lipinski definition) is 2. The standard InChI is InChI=1S/C32H46N2O8S/c1-22(2)18-34(43(38,39)27-13-7-23(3)8-14-27)19-29(35)28(33-31(37)42-26-15-16-40-20-26)17-24-9-11-25(12-10-24)41-21-30(36)32(4,5)6/h7-14,22,26,28-29,35H,15-21H2,1-6H3,(H,33,37)/t26-,28-,29+/m0/s1. The van der Waals surface area contributed by atoms with E-state index in [0.717, 1.165) is 11.1 Å². The lowest BCUT2D eigenvalue weighted by molar-refractivity contribution is -0.128. The zero-order valence-electron chi connectivity index (χ0n) is 26.0. The minimum absolute atomic E-state index is 0.0103. The highest BCUT2D eigenvalue weighted by Crippen LogP contribution is 2.21. The first kappa shape index (κ1) is 34.5. The van der Waals surface area contributed by atoms with Gasteiger partial charge in [0.05, 0.1) is 30.3 Å². The number of aliphatic hydroxyl groups is 1. The van der Waals surface area contributed by atoms with Gasteiger partial charge in [-0.15, -0.1) is 0 Å². The molecule has 43 heavy (non-hydrogen) atoms. The van der Waals surface area contributed by atoms with Crippen LogP contribution in [0, 0.1) is 18.3 Å². The lowest BCUT2D eigenvalue weighted by Gasteiger charge is -2.30. The second-order valence-electron chi connectivity index (χ2n) is 12.5. The van der Waals surface area contributed by atoms with E-state index >= 15 is 0 Å². The second kappa shape index (κ2) is 15.1. The van der Waals surface area contributed by atoms with Crippen LogP contribution in [0.4, 0.5) is 4.79 Å². The van der Waals surface area contributed by atoms with E-state index in [-0.39, 0.29) is 48.8 Å². The number of aryl methyl sites for hydroxylation is 1. The van der Waals surface area contributed by atoms with E-state index in [1.54, 1.807) is 48.5 Å². The Hall–Kier alpha value is -2.99. The zero-order chi connectivity index (χ0) is 31.8. The number of Topliss-reactive ketones (excluding diaryl/α,β-unsaturated/α-hetero) is 1. The fourth-order valence-corrected chi connectivity index (χ4v) is 6.06. The van der Waals surface area contributed by atoms with Crippen LogP contribution in [-0.2, 0) is 30.7 Å². The fraction of sp³-hybridized carbons (Fsp3) is 0.562. The Morgan fingerprint density at radius 1 is 1.07 bits per heavy atom. The molecule has 2 N–H and O–H groups in total. The van der Waals surface area contributed by atoms with Gasteiger partial charge in [0.15, 0.2) is 5.78 Å². The quantitative estimate of drug-likeness (QED) is 0.323. The smallest absolute Gasteiger partial charge is 0.407 e. The van der Waals surface area contributed by atoms with E-state index in [0.29, 0.717) is 25.4 Å². The molecule has 0 spiro atoms. The van der Waals surface area contributed by atoms with Crippen molar-refractivity contribution in [2.24, 2.45) is 11.3 Å². The minimum Gasteiger partial charge on any atom is -0.486 e. The lowest BCUT2D eigenvalue weighted by Crippen LogP contribution is -2.51. The third-order valence-corrected chi connectivity index (χ3v) is 8.98. The van der Waals surface area contributed by atoms with Crippen molar-refractivity contribution in [1.82, 2.24) is 9.62 Å². The molecule has 3 rings (SSSR count). The Balaban J connectivity index is 1.79. The Morgan fingerprint density at radius 3 is 2.28 bits per heavy atom. The van der Waals surface area contributed by atoms with Gasteiger partial charge in [0.2, 0.25) is 10.0 Å². The SMILES string of the molecule is Cc1ccc(S(=O)(=O)N(CC(C)C)C[C@@H](O)[C@H](Cc2ccc(OCC(=O)C(C)(C)C)cc2)NC(=O)O[C@H]2CCOC2)cc1. The zero-order valence-corrected chi connectivity index (χ0v) is 26.9. The van der Waals surface area contributed by atoms with Crippen LogP contribution >= 0.6 is 0 Å². The fourth-order valence-electron chi connectivity index (χ4n) is 4.44. The first-order chi connectivity index (χ1) is 20.1. The molecule has 1 saturated heterocycles. The van der Waals surface area contributed by atoms with Crippen molar-refractivity contribution >= 4 is 21.9 Å².